The van der Waals surface area contributed by atoms with Crippen LogP contribution in [0.5, 0.6) is 0 Å². The van der Waals surface area contributed by atoms with E-state index in [4.69, 9.17) is 4.74 Å². The first-order chi connectivity index (χ1) is 9.58. The Morgan fingerprint density at radius 2 is 1.95 bits per heavy atom. The minimum atomic E-state index is -0.584. The Balaban J connectivity index is 2.79. The number of allylic oxidation sites excluding steroid dienone is 1. The monoisotopic (exact) mass is 311 g/mol. The molecule has 0 aliphatic rings. The number of rotatable bonds is 4. The number of nitrogens with one attached hydrogen (secondary N) is 1. The van der Waals surface area contributed by atoms with Gasteiger partial charge in [-0.05, 0) is 27.7 Å². The van der Waals surface area contributed by atoms with Gasteiger partial charge in [0, 0.05) is 26.4 Å². The van der Waals surface area contributed by atoms with Crippen molar-refractivity contribution in [1.82, 2.24) is 9.88 Å². The van der Waals surface area contributed by atoms with Crippen molar-refractivity contribution in [2.45, 2.75) is 33.3 Å². The second kappa shape index (κ2) is 6.71. The summed E-state index contributed by atoms with van der Waals surface area (Å²) >= 11 is 1.13. The molecule has 21 heavy (non-hydrogen) atoms. The average molecular weight is 311 g/mol. The van der Waals surface area contributed by atoms with Gasteiger partial charge in [-0.25, -0.2) is 9.78 Å². The number of carbonyl (C=O) groups excluding carboxylic acids is 2. The zero-order valence-corrected chi connectivity index (χ0v) is 14.0. The van der Waals surface area contributed by atoms with E-state index in [0.717, 1.165) is 11.3 Å². The molecule has 0 radical (unpaired) electrons. The molecule has 0 aromatic carbocycles. The number of aromatic nitrogens is 1. The lowest BCUT2D eigenvalue weighted by molar-refractivity contribution is 0.0635. The molecular formula is C14H21N3O3S. The van der Waals surface area contributed by atoms with Crippen LogP contribution in [0.2, 0.25) is 0 Å². The van der Waals surface area contributed by atoms with E-state index in [1.807, 2.05) is 14.1 Å². The Morgan fingerprint density at radius 1 is 1.33 bits per heavy atom. The predicted octanol–water partition coefficient (Wildman–Crippen LogP) is 3.06. The summed E-state index contributed by atoms with van der Waals surface area (Å²) in [6.45, 7) is 7.07. The molecule has 1 aromatic rings. The van der Waals surface area contributed by atoms with Crippen LogP contribution in [0.1, 0.15) is 36.1 Å². The molecule has 0 saturated carbocycles. The van der Waals surface area contributed by atoms with Crippen LogP contribution >= 0.6 is 11.3 Å². The van der Waals surface area contributed by atoms with Crippen LogP contribution in [0.3, 0.4) is 0 Å². The van der Waals surface area contributed by atoms with Crippen molar-refractivity contribution in [3.8, 4) is 0 Å². The van der Waals surface area contributed by atoms with Crippen LogP contribution in [0, 0.1) is 6.92 Å². The van der Waals surface area contributed by atoms with Crippen LogP contribution in [0.15, 0.2) is 12.3 Å². The standard InChI is InChI=1S/C14H21N3O3S/c1-9-11(10(18)7-8-17(5)6)21-12(15-9)16-13(19)20-14(2,3)4/h7-8H,1-6H3,(H,15,16,19)/b8-7+. The smallest absolute Gasteiger partial charge is 0.413 e. The molecule has 0 spiro atoms. The lowest BCUT2D eigenvalue weighted by Crippen LogP contribution is -2.27. The van der Waals surface area contributed by atoms with Crippen molar-refractivity contribution >= 4 is 28.3 Å². The number of anilines is 1. The molecule has 0 aliphatic heterocycles. The summed E-state index contributed by atoms with van der Waals surface area (Å²) in [6.07, 6.45) is 2.55. The Morgan fingerprint density at radius 3 is 2.48 bits per heavy atom. The number of ether oxygens (including phenoxy) is 1. The van der Waals surface area contributed by atoms with Crippen LogP contribution in [0.4, 0.5) is 9.93 Å². The van der Waals surface area contributed by atoms with Crippen LogP contribution in [0.25, 0.3) is 0 Å². The number of hydrogen-bond acceptors (Lipinski definition) is 6. The van der Waals surface area contributed by atoms with Crippen molar-refractivity contribution in [1.29, 1.82) is 0 Å². The number of aryl methyl sites for hydroxylation is 1. The predicted molar refractivity (Wildman–Crippen MR) is 83.9 cm³/mol. The van der Waals surface area contributed by atoms with E-state index >= 15 is 0 Å². The maximum atomic E-state index is 12.0. The van der Waals surface area contributed by atoms with Gasteiger partial charge in [0.1, 0.15) is 5.60 Å². The summed E-state index contributed by atoms with van der Waals surface area (Å²) in [7, 11) is 3.66. The fourth-order valence-electron chi connectivity index (χ4n) is 1.36. The highest BCUT2D eigenvalue weighted by molar-refractivity contribution is 7.17. The van der Waals surface area contributed by atoms with E-state index in [2.05, 4.69) is 10.3 Å². The summed E-state index contributed by atoms with van der Waals surface area (Å²) in [5.41, 5.74) is 0.00296. The number of ketones is 1. The molecule has 1 heterocycles. The van der Waals surface area contributed by atoms with E-state index in [0.29, 0.717) is 15.7 Å². The number of hydrogen-bond donors (Lipinski definition) is 1. The van der Waals surface area contributed by atoms with Gasteiger partial charge in [0.25, 0.3) is 0 Å². The summed E-state index contributed by atoms with van der Waals surface area (Å²) in [4.78, 5) is 30.1. The highest BCUT2D eigenvalue weighted by Crippen LogP contribution is 2.24. The minimum Gasteiger partial charge on any atom is -0.444 e. The lowest BCUT2D eigenvalue weighted by atomic mass is 10.2. The molecule has 1 N–H and O–H groups in total. The zero-order valence-electron chi connectivity index (χ0n) is 13.2. The van der Waals surface area contributed by atoms with Gasteiger partial charge in [-0.2, -0.15) is 0 Å². The van der Waals surface area contributed by atoms with E-state index in [1.54, 1.807) is 38.8 Å². The Labute approximate surface area is 128 Å². The van der Waals surface area contributed by atoms with Gasteiger partial charge in [0.05, 0.1) is 10.6 Å². The maximum Gasteiger partial charge on any atom is 0.413 e. The van der Waals surface area contributed by atoms with Gasteiger partial charge >= 0.3 is 6.09 Å². The fraction of sp³-hybridized carbons (Fsp3) is 0.500. The van der Waals surface area contributed by atoms with Crippen LogP contribution < -0.4 is 5.32 Å². The third kappa shape index (κ3) is 5.95. The molecule has 0 saturated heterocycles. The Bertz CT molecular complexity index is 556. The van der Waals surface area contributed by atoms with E-state index < -0.39 is 11.7 Å². The Hall–Kier alpha value is -1.89. The molecule has 0 unspecified atom stereocenters. The highest BCUT2D eigenvalue weighted by atomic mass is 32.1. The van der Waals surface area contributed by atoms with Gasteiger partial charge in [0.15, 0.2) is 10.9 Å². The number of amides is 1. The molecule has 0 fully saturated rings. The lowest BCUT2D eigenvalue weighted by Gasteiger charge is -2.18. The number of nitrogens with zero attached hydrogens (tertiary/aromatic N) is 2. The topological polar surface area (TPSA) is 71.5 Å². The molecule has 1 amide bonds. The van der Waals surface area contributed by atoms with Crippen molar-refractivity contribution in [3.63, 3.8) is 0 Å². The van der Waals surface area contributed by atoms with Gasteiger partial charge in [-0.15, -0.1) is 0 Å². The quantitative estimate of drug-likeness (QED) is 0.683. The average Bonchev–Trinajstić information content (AvgIpc) is 2.64. The van der Waals surface area contributed by atoms with Gasteiger partial charge in [-0.1, -0.05) is 11.3 Å². The molecule has 1 rings (SSSR count). The van der Waals surface area contributed by atoms with E-state index in [-0.39, 0.29) is 5.78 Å². The molecule has 7 heteroatoms. The molecule has 6 nitrogen and oxygen atoms in total. The molecular weight excluding hydrogens is 290 g/mol. The van der Waals surface area contributed by atoms with Crippen LogP contribution in [-0.4, -0.2) is 41.5 Å². The summed E-state index contributed by atoms with van der Waals surface area (Å²) in [5.74, 6) is -0.143. The van der Waals surface area contributed by atoms with Gasteiger partial charge < -0.3 is 9.64 Å². The van der Waals surface area contributed by atoms with Crippen molar-refractivity contribution in [2.75, 3.05) is 19.4 Å². The number of thiazole rings is 1. The van der Waals surface area contributed by atoms with Gasteiger partial charge in [0.2, 0.25) is 0 Å². The number of carbonyl (C=O) groups is 2. The van der Waals surface area contributed by atoms with Crippen molar-refractivity contribution < 1.29 is 14.3 Å². The van der Waals surface area contributed by atoms with Crippen LogP contribution in [-0.2, 0) is 4.74 Å². The van der Waals surface area contributed by atoms with E-state index in [9.17, 15) is 9.59 Å². The fourth-order valence-corrected chi connectivity index (χ4v) is 2.23. The van der Waals surface area contributed by atoms with Crippen molar-refractivity contribution in [2.24, 2.45) is 0 Å². The third-order valence-electron chi connectivity index (χ3n) is 2.15. The molecule has 116 valence electrons. The Kier molecular flexibility index (Phi) is 5.48. The first-order valence-electron chi connectivity index (χ1n) is 6.45. The second-order valence-corrected chi connectivity index (χ2v) is 6.70. The normalized spacial score (nSPS) is 11.5. The summed E-state index contributed by atoms with van der Waals surface area (Å²) < 4.78 is 5.14. The maximum absolute atomic E-state index is 12.0. The molecule has 1 aromatic heterocycles. The minimum absolute atomic E-state index is 0.143. The highest BCUT2D eigenvalue weighted by Gasteiger charge is 2.19. The zero-order chi connectivity index (χ0) is 16.2. The molecule has 0 bridgehead atoms. The molecule has 0 atom stereocenters. The van der Waals surface area contributed by atoms with Gasteiger partial charge in [-0.3, -0.25) is 10.1 Å². The summed E-state index contributed by atoms with van der Waals surface area (Å²) in [5, 5.41) is 2.89. The van der Waals surface area contributed by atoms with Crippen molar-refractivity contribution in [3.05, 3.63) is 22.8 Å². The second-order valence-electron chi connectivity index (χ2n) is 5.70. The van der Waals surface area contributed by atoms with E-state index in [1.165, 1.54) is 6.08 Å². The summed E-state index contributed by atoms with van der Waals surface area (Å²) in [6, 6.07) is 0. The first kappa shape index (κ1) is 17.2. The third-order valence-corrected chi connectivity index (χ3v) is 3.24. The molecule has 0 aliphatic carbocycles. The SMILES string of the molecule is Cc1nc(NC(=O)OC(C)(C)C)sc1C(=O)/C=C/N(C)C. The largest absolute Gasteiger partial charge is 0.444 e. The first-order valence-corrected chi connectivity index (χ1v) is 7.26.